The number of piperazine rings is 1. The fourth-order valence-corrected chi connectivity index (χ4v) is 5.11. The Kier molecular flexibility index (Phi) is 5.14. The van der Waals surface area contributed by atoms with Gasteiger partial charge in [0.15, 0.2) is 11.5 Å². The minimum atomic E-state index is -3.78. The molecule has 2 heterocycles. The molecule has 0 N–H and O–H groups in total. The van der Waals surface area contributed by atoms with Crippen LogP contribution in [0.2, 0.25) is 0 Å². The number of hydrogen-bond acceptors (Lipinski definition) is 6. The first-order valence-corrected chi connectivity index (χ1v) is 10.9. The fourth-order valence-electron chi connectivity index (χ4n) is 3.75. The summed E-state index contributed by atoms with van der Waals surface area (Å²) in [4.78, 5) is 4.76. The van der Waals surface area contributed by atoms with E-state index in [4.69, 9.17) is 9.47 Å². The Labute approximate surface area is 171 Å². The van der Waals surface area contributed by atoms with Gasteiger partial charge in [-0.15, -0.1) is 0 Å². The molecule has 29 heavy (non-hydrogen) atoms. The normalized spacial score (nSPS) is 15.6. The number of ether oxygens (including phenoxy) is 2. The van der Waals surface area contributed by atoms with Crippen molar-refractivity contribution < 1.29 is 17.9 Å². The van der Waals surface area contributed by atoms with Gasteiger partial charge >= 0.3 is 0 Å². The highest BCUT2D eigenvalue weighted by Gasteiger charge is 2.23. The van der Waals surface area contributed by atoms with Gasteiger partial charge in [0.25, 0.3) is 10.0 Å². The van der Waals surface area contributed by atoms with Crippen molar-refractivity contribution in [2.24, 2.45) is 0 Å². The summed E-state index contributed by atoms with van der Waals surface area (Å²) >= 11 is 0. The zero-order valence-electron chi connectivity index (χ0n) is 16.8. The summed E-state index contributed by atoms with van der Waals surface area (Å²) in [5, 5.41) is 0.932. The van der Waals surface area contributed by atoms with Crippen molar-refractivity contribution in [1.82, 2.24) is 8.87 Å². The standard InChI is InChI=1S/C21H25N3O4S/c1-22-11-13-23(14-12-22)18-5-4-6-19-17(18)9-10-24(19)29(25,26)16-7-8-20(27-2)21(15-16)28-3/h4-10,15H,11-14H2,1-3H3. The fraction of sp³-hybridized carbons (Fsp3) is 0.333. The third-order valence-corrected chi connectivity index (χ3v) is 7.12. The van der Waals surface area contributed by atoms with Crippen LogP contribution in [-0.2, 0) is 10.0 Å². The molecule has 0 amide bonds. The largest absolute Gasteiger partial charge is 0.493 e. The molecule has 0 spiro atoms. The van der Waals surface area contributed by atoms with Crippen LogP contribution >= 0.6 is 0 Å². The molecule has 8 heteroatoms. The number of rotatable bonds is 5. The molecular formula is C21H25N3O4S. The average Bonchev–Trinajstić information content (AvgIpc) is 3.19. The van der Waals surface area contributed by atoms with Crippen LogP contribution < -0.4 is 14.4 Å². The zero-order valence-corrected chi connectivity index (χ0v) is 17.6. The van der Waals surface area contributed by atoms with Gasteiger partial charge in [-0.2, -0.15) is 0 Å². The van der Waals surface area contributed by atoms with Crippen molar-refractivity contribution in [2.45, 2.75) is 4.90 Å². The van der Waals surface area contributed by atoms with Gasteiger partial charge in [-0.05, 0) is 37.4 Å². The first-order chi connectivity index (χ1) is 14.0. The lowest BCUT2D eigenvalue weighted by atomic mass is 10.2. The second-order valence-electron chi connectivity index (χ2n) is 7.13. The summed E-state index contributed by atoms with van der Waals surface area (Å²) < 4.78 is 38.5. The Morgan fingerprint density at radius 3 is 2.31 bits per heavy atom. The van der Waals surface area contributed by atoms with Crippen LogP contribution in [0, 0.1) is 0 Å². The third-order valence-electron chi connectivity index (χ3n) is 5.43. The molecule has 7 nitrogen and oxygen atoms in total. The van der Waals surface area contributed by atoms with Crippen molar-refractivity contribution in [1.29, 1.82) is 0 Å². The molecule has 0 bridgehead atoms. The topological polar surface area (TPSA) is 64.0 Å². The molecule has 0 unspecified atom stereocenters. The second-order valence-corrected chi connectivity index (χ2v) is 8.95. The quantitative estimate of drug-likeness (QED) is 0.638. The number of fused-ring (bicyclic) bond motifs is 1. The van der Waals surface area contributed by atoms with Crippen molar-refractivity contribution in [3.63, 3.8) is 0 Å². The smallest absolute Gasteiger partial charge is 0.268 e. The van der Waals surface area contributed by atoms with E-state index in [0.717, 1.165) is 37.3 Å². The monoisotopic (exact) mass is 415 g/mol. The molecule has 154 valence electrons. The number of benzene rings is 2. The van der Waals surface area contributed by atoms with E-state index >= 15 is 0 Å². The number of aromatic nitrogens is 1. The maximum atomic E-state index is 13.4. The summed E-state index contributed by atoms with van der Waals surface area (Å²) in [6.07, 6.45) is 1.62. The molecule has 3 aromatic rings. The van der Waals surface area contributed by atoms with Gasteiger partial charge in [0.05, 0.1) is 24.6 Å². The maximum absolute atomic E-state index is 13.4. The summed E-state index contributed by atoms with van der Waals surface area (Å²) in [6, 6.07) is 12.3. The van der Waals surface area contributed by atoms with E-state index < -0.39 is 10.0 Å². The van der Waals surface area contributed by atoms with Crippen LogP contribution in [0.4, 0.5) is 5.69 Å². The number of hydrogen-bond donors (Lipinski definition) is 0. The molecule has 1 aromatic heterocycles. The average molecular weight is 416 g/mol. The Morgan fingerprint density at radius 1 is 0.897 bits per heavy atom. The van der Waals surface area contributed by atoms with Gasteiger partial charge in [0.1, 0.15) is 0 Å². The molecule has 0 aliphatic carbocycles. The van der Waals surface area contributed by atoms with Crippen molar-refractivity contribution in [3.05, 3.63) is 48.7 Å². The Bertz CT molecular complexity index is 1130. The first-order valence-electron chi connectivity index (χ1n) is 9.47. The van der Waals surface area contributed by atoms with Crippen molar-refractivity contribution in [3.8, 4) is 11.5 Å². The lowest BCUT2D eigenvalue weighted by Gasteiger charge is -2.34. The summed E-state index contributed by atoms with van der Waals surface area (Å²) in [5.41, 5.74) is 1.73. The molecule has 1 aliphatic heterocycles. The first kappa shape index (κ1) is 19.6. The van der Waals surface area contributed by atoms with Crippen LogP contribution in [-0.4, -0.2) is 64.7 Å². The van der Waals surface area contributed by atoms with Crippen molar-refractivity contribution >= 4 is 26.6 Å². The van der Waals surface area contributed by atoms with Crippen LogP contribution in [0.25, 0.3) is 10.9 Å². The maximum Gasteiger partial charge on any atom is 0.268 e. The van der Waals surface area contributed by atoms with Gasteiger partial charge in [0, 0.05) is 49.5 Å². The number of nitrogens with zero attached hydrogens (tertiary/aromatic N) is 3. The van der Waals surface area contributed by atoms with E-state index in [-0.39, 0.29) is 4.90 Å². The van der Waals surface area contributed by atoms with E-state index in [1.165, 1.54) is 30.3 Å². The SMILES string of the molecule is COc1ccc(S(=O)(=O)n2ccc3c(N4CCN(C)CC4)cccc32)cc1OC. The Balaban J connectivity index is 1.77. The zero-order chi connectivity index (χ0) is 20.6. The van der Waals surface area contributed by atoms with Crippen molar-refractivity contribution in [2.75, 3.05) is 52.3 Å². The number of anilines is 1. The molecule has 0 atom stereocenters. The number of likely N-dealkylation sites (N-methyl/N-ethyl adjacent to an activating group) is 1. The van der Waals surface area contributed by atoms with Crippen LogP contribution in [0.1, 0.15) is 0 Å². The van der Waals surface area contributed by atoms with Gasteiger partial charge in [-0.25, -0.2) is 12.4 Å². The number of methoxy groups -OCH3 is 2. The van der Waals surface area contributed by atoms with E-state index in [1.807, 2.05) is 18.2 Å². The highest BCUT2D eigenvalue weighted by atomic mass is 32.2. The molecular weight excluding hydrogens is 390 g/mol. The minimum absolute atomic E-state index is 0.151. The van der Waals surface area contributed by atoms with Gasteiger partial charge in [0.2, 0.25) is 0 Å². The van der Waals surface area contributed by atoms with Gasteiger partial charge in [-0.1, -0.05) is 6.07 Å². The van der Waals surface area contributed by atoms with Crippen LogP contribution in [0.15, 0.2) is 53.6 Å². The van der Waals surface area contributed by atoms with Gasteiger partial charge < -0.3 is 19.3 Å². The highest BCUT2D eigenvalue weighted by molar-refractivity contribution is 7.90. The molecule has 2 aromatic carbocycles. The van der Waals surface area contributed by atoms with Crippen LogP contribution in [0.3, 0.4) is 0 Å². The Hall–Kier alpha value is -2.71. The van der Waals surface area contributed by atoms with E-state index in [0.29, 0.717) is 17.0 Å². The lowest BCUT2D eigenvalue weighted by Crippen LogP contribution is -2.44. The molecule has 0 saturated carbocycles. The second kappa shape index (κ2) is 7.61. The van der Waals surface area contributed by atoms with Crippen LogP contribution in [0.5, 0.6) is 11.5 Å². The molecule has 1 fully saturated rings. The predicted octanol–water partition coefficient (Wildman–Crippen LogP) is 2.65. The molecule has 0 radical (unpaired) electrons. The molecule has 4 rings (SSSR count). The van der Waals surface area contributed by atoms with E-state index in [2.05, 4.69) is 22.9 Å². The highest BCUT2D eigenvalue weighted by Crippen LogP contribution is 2.33. The molecule has 1 aliphatic rings. The summed E-state index contributed by atoms with van der Waals surface area (Å²) in [7, 11) is 1.34. The lowest BCUT2D eigenvalue weighted by molar-refractivity contribution is 0.313. The van der Waals surface area contributed by atoms with E-state index in [1.54, 1.807) is 12.3 Å². The van der Waals surface area contributed by atoms with E-state index in [9.17, 15) is 8.42 Å². The minimum Gasteiger partial charge on any atom is -0.493 e. The summed E-state index contributed by atoms with van der Waals surface area (Å²) in [5.74, 6) is 0.865. The molecule has 1 saturated heterocycles. The third kappa shape index (κ3) is 3.42. The van der Waals surface area contributed by atoms with Gasteiger partial charge in [-0.3, -0.25) is 0 Å². The summed E-state index contributed by atoms with van der Waals surface area (Å²) in [6.45, 7) is 3.81. The Morgan fingerprint density at radius 2 is 1.62 bits per heavy atom. The predicted molar refractivity (Wildman–Crippen MR) is 114 cm³/mol.